The molecule has 0 bridgehead atoms. The van der Waals surface area contributed by atoms with E-state index in [1.807, 2.05) is 4.90 Å². The number of nitro groups is 1. The number of nitrogens with one attached hydrogen (secondary N) is 1. The smallest absolute Gasteiger partial charge is 0.311 e. The molecule has 0 unspecified atom stereocenters. The van der Waals surface area contributed by atoms with E-state index in [1.165, 1.54) is 12.1 Å². The summed E-state index contributed by atoms with van der Waals surface area (Å²) < 4.78 is 5.05. The average Bonchev–Trinajstić information content (AvgIpc) is 3.23. The Labute approximate surface area is 110 Å². The summed E-state index contributed by atoms with van der Waals surface area (Å²) >= 11 is 0. The molecule has 2 rings (SSSR count). The monoisotopic (exact) mass is 267 g/mol. The molecule has 8 heteroatoms. The van der Waals surface area contributed by atoms with Crippen molar-refractivity contribution in [1.29, 1.82) is 0 Å². The Balaban J connectivity index is 2.34. The van der Waals surface area contributed by atoms with Gasteiger partial charge in [0, 0.05) is 25.8 Å². The molecule has 1 fully saturated rings. The van der Waals surface area contributed by atoms with E-state index in [0.29, 0.717) is 30.8 Å². The summed E-state index contributed by atoms with van der Waals surface area (Å²) in [7, 11) is 1.60. The van der Waals surface area contributed by atoms with Crippen molar-refractivity contribution >= 4 is 17.3 Å². The Morgan fingerprint density at radius 3 is 2.89 bits per heavy atom. The number of pyridine rings is 1. The first-order chi connectivity index (χ1) is 9.17. The zero-order valence-electron chi connectivity index (χ0n) is 10.7. The van der Waals surface area contributed by atoms with Gasteiger partial charge in [0.25, 0.3) is 0 Å². The fourth-order valence-corrected chi connectivity index (χ4v) is 1.91. The van der Waals surface area contributed by atoms with Gasteiger partial charge in [-0.1, -0.05) is 0 Å². The third-order valence-corrected chi connectivity index (χ3v) is 3.00. The third-order valence-electron chi connectivity index (χ3n) is 3.00. The van der Waals surface area contributed by atoms with Crippen LogP contribution in [0.5, 0.6) is 0 Å². The lowest BCUT2D eigenvalue weighted by atomic mass is 10.3. The van der Waals surface area contributed by atoms with Crippen molar-refractivity contribution in [3.8, 4) is 0 Å². The van der Waals surface area contributed by atoms with Crippen LogP contribution in [0.2, 0.25) is 0 Å². The molecule has 0 aromatic carbocycles. The maximum atomic E-state index is 11.1. The quantitative estimate of drug-likeness (QED) is 0.429. The first kappa shape index (κ1) is 13.5. The van der Waals surface area contributed by atoms with Gasteiger partial charge in [0.05, 0.1) is 11.5 Å². The topological polar surface area (TPSA) is 107 Å². The molecule has 1 aromatic heterocycles. The average molecular weight is 267 g/mol. The minimum Gasteiger partial charge on any atom is -0.383 e. The van der Waals surface area contributed by atoms with Gasteiger partial charge >= 0.3 is 5.69 Å². The van der Waals surface area contributed by atoms with Gasteiger partial charge in [0.15, 0.2) is 0 Å². The van der Waals surface area contributed by atoms with Crippen molar-refractivity contribution in [1.82, 2.24) is 4.98 Å². The van der Waals surface area contributed by atoms with Crippen molar-refractivity contribution in [2.24, 2.45) is 5.84 Å². The summed E-state index contributed by atoms with van der Waals surface area (Å²) in [6.07, 6.45) is 2.03. The number of nitrogens with two attached hydrogens (primary N) is 1. The first-order valence-corrected chi connectivity index (χ1v) is 6.05. The van der Waals surface area contributed by atoms with Gasteiger partial charge < -0.3 is 15.1 Å². The summed E-state index contributed by atoms with van der Waals surface area (Å²) in [4.78, 5) is 16.8. The van der Waals surface area contributed by atoms with E-state index in [9.17, 15) is 10.1 Å². The zero-order chi connectivity index (χ0) is 13.8. The number of ether oxygens (including phenoxy) is 1. The number of hydrazine groups is 1. The van der Waals surface area contributed by atoms with Gasteiger partial charge in [-0.3, -0.25) is 10.1 Å². The lowest BCUT2D eigenvalue weighted by molar-refractivity contribution is -0.384. The molecule has 19 heavy (non-hydrogen) atoms. The molecule has 0 aliphatic heterocycles. The standard InChI is InChI=1S/C11H17N5O3/c1-19-7-6-15(8-2-3-8)11-9(16(17)18)4-5-10(13-11)14-12/h4-5,8H,2-3,6-7,12H2,1H3,(H,13,14). The van der Waals surface area contributed by atoms with Crippen molar-refractivity contribution in [2.45, 2.75) is 18.9 Å². The highest BCUT2D eigenvalue weighted by Gasteiger charge is 2.34. The second kappa shape index (κ2) is 5.81. The minimum atomic E-state index is -0.426. The third kappa shape index (κ3) is 3.09. The second-order valence-corrected chi connectivity index (χ2v) is 4.36. The molecule has 0 spiro atoms. The van der Waals surface area contributed by atoms with Crippen LogP contribution in [0, 0.1) is 10.1 Å². The van der Waals surface area contributed by atoms with Crippen LogP contribution in [0.25, 0.3) is 0 Å². The Hall–Kier alpha value is -1.93. The molecule has 0 saturated heterocycles. The van der Waals surface area contributed by atoms with E-state index in [-0.39, 0.29) is 5.69 Å². The number of methoxy groups -OCH3 is 1. The summed E-state index contributed by atoms with van der Waals surface area (Å²) in [5.41, 5.74) is 2.40. The van der Waals surface area contributed by atoms with E-state index >= 15 is 0 Å². The lowest BCUT2D eigenvalue weighted by Gasteiger charge is -2.23. The number of aromatic nitrogens is 1. The number of nitrogen functional groups attached to an aromatic ring is 1. The van der Waals surface area contributed by atoms with E-state index in [0.717, 1.165) is 12.8 Å². The fourth-order valence-electron chi connectivity index (χ4n) is 1.91. The molecule has 1 aliphatic carbocycles. The summed E-state index contributed by atoms with van der Waals surface area (Å²) in [6.45, 7) is 1.07. The largest absolute Gasteiger partial charge is 0.383 e. The van der Waals surface area contributed by atoms with E-state index in [1.54, 1.807) is 7.11 Å². The second-order valence-electron chi connectivity index (χ2n) is 4.36. The van der Waals surface area contributed by atoms with Crippen LogP contribution in [0.1, 0.15) is 12.8 Å². The van der Waals surface area contributed by atoms with Crippen molar-refractivity contribution in [3.63, 3.8) is 0 Å². The van der Waals surface area contributed by atoms with Gasteiger partial charge in [-0.15, -0.1) is 0 Å². The summed E-state index contributed by atoms with van der Waals surface area (Å²) in [6, 6.07) is 3.21. The SMILES string of the molecule is COCCN(c1nc(NN)ccc1[N+](=O)[O-])C1CC1. The Bertz CT molecular complexity index is 464. The molecule has 3 N–H and O–H groups in total. The molecule has 0 radical (unpaired) electrons. The van der Waals surface area contributed by atoms with Crippen molar-refractivity contribution < 1.29 is 9.66 Å². The van der Waals surface area contributed by atoms with Crippen LogP contribution in [0.3, 0.4) is 0 Å². The Morgan fingerprint density at radius 1 is 1.63 bits per heavy atom. The van der Waals surface area contributed by atoms with Crippen molar-refractivity contribution in [3.05, 3.63) is 22.2 Å². The van der Waals surface area contributed by atoms with Gasteiger partial charge in [-0.2, -0.15) is 0 Å². The van der Waals surface area contributed by atoms with Crippen LogP contribution in [-0.2, 0) is 4.74 Å². The first-order valence-electron chi connectivity index (χ1n) is 6.05. The maximum Gasteiger partial charge on any atom is 0.311 e. The molecular formula is C11H17N5O3. The molecule has 1 saturated carbocycles. The lowest BCUT2D eigenvalue weighted by Crippen LogP contribution is -2.31. The van der Waals surface area contributed by atoms with Crippen LogP contribution in [-0.4, -0.2) is 36.2 Å². The summed E-state index contributed by atoms with van der Waals surface area (Å²) in [5, 5.41) is 11.1. The summed E-state index contributed by atoms with van der Waals surface area (Å²) in [5.74, 6) is 6.06. The molecule has 1 aliphatic rings. The van der Waals surface area contributed by atoms with Crippen LogP contribution >= 0.6 is 0 Å². The van der Waals surface area contributed by atoms with Crippen LogP contribution in [0.4, 0.5) is 17.3 Å². The Kier molecular flexibility index (Phi) is 4.13. The number of rotatable bonds is 7. The maximum absolute atomic E-state index is 11.1. The molecule has 0 amide bonds. The number of anilines is 2. The minimum absolute atomic E-state index is 0.0120. The van der Waals surface area contributed by atoms with Gasteiger partial charge in [0.2, 0.25) is 5.82 Å². The van der Waals surface area contributed by atoms with E-state index in [2.05, 4.69) is 10.4 Å². The number of hydrogen-bond donors (Lipinski definition) is 2. The zero-order valence-corrected chi connectivity index (χ0v) is 10.7. The van der Waals surface area contributed by atoms with Crippen LogP contribution < -0.4 is 16.2 Å². The van der Waals surface area contributed by atoms with Gasteiger partial charge in [-0.25, -0.2) is 10.8 Å². The molecular weight excluding hydrogens is 250 g/mol. The van der Waals surface area contributed by atoms with Gasteiger partial charge in [-0.05, 0) is 18.9 Å². The van der Waals surface area contributed by atoms with Gasteiger partial charge in [0.1, 0.15) is 5.82 Å². The molecule has 1 heterocycles. The predicted octanol–water partition coefficient (Wildman–Crippen LogP) is 0.891. The van der Waals surface area contributed by atoms with E-state index < -0.39 is 4.92 Å². The fraction of sp³-hybridized carbons (Fsp3) is 0.545. The van der Waals surface area contributed by atoms with Crippen LogP contribution in [0.15, 0.2) is 12.1 Å². The highest BCUT2D eigenvalue weighted by Crippen LogP contribution is 2.35. The predicted molar refractivity (Wildman–Crippen MR) is 70.9 cm³/mol. The Morgan fingerprint density at radius 2 is 2.37 bits per heavy atom. The van der Waals surface area contributed by atoms with Crippen molar-refractivity contribution in [2.75, 3.05) is 30.6 Å². The highest BCUT2D eigenvalue weighted by molar-refractivity contribution is 5.62. The molecule has 0 atom stereocenters. The molecule has 1 aromatic rings. The molecule has 8 nitrogen and oxygen atoms in total. The molecule has 104 valence electrons. The normalized spacial score (nSPS) is 14.2. The highest BCUT2D eigenvalue weighted by atomic mass is 16.6. The number of hydrogen-bond acceptors (Lipinski definition) is 7. The number of nitrogens with zero attached hydrogens (tertiary/aromatic N) is 3. The van der Waals surface area contributed by atoms with E-state index in [4.69, 9.17) is 10.6 Å².